The minimum atomic E-state index is -0.635. The molecule has 0 aromatic carbocycles. The van der Waals surface area contributed by atoms with Crippen molar-refractivity contribution in [3.05, 3.63) is 59.3 Å². The van der Waals surface area contributed by atoms with E-state index in [2.05, 4.69) is 25.9 Å². The third kappa shape index (κ3) is 4.80. The van der Waals surface area contributed by atoms with Crippen molar-refractivity contribution >= 4 is 34.7 Å². The molecule has 28 heavy (non-hydrogen) atoms. The number of anilines is 2. The number of nitrogens with zero attached hydrogens (tertiary/aromatic N) is 2. The predicted octanol–water partition coefficient (Wildman–Crippen LogP) is 2.28. The van der Waals surface area contributed by atoms with Gasteiger partial charge >= 0.3 is 0 Å². The van der Waals surface area contributed by atoms with Gasteiger partial charge < -0.3 is 21.7 Å². The largest absolute Gasteiger partial charge is 0.384 e. The fourth-order valence-electron chi connectivity index (χ4n) is 2.94. The highest BCUT2D eigenvalue weighted by Gasteiger charge is 2.34. The number of hydrogen-bond donors (Lipinski definition) is 4. The summed E-state index contributed by atoms with van der Waals surface area (Å²) < 4.78 is 13.3. The normalized spacial score (nSPS) is 15.8. The van der Waals surface area contributed by atoms with Crippen molar-refractivity contribution in [1.29, 1.82) is 0 Å². The van der Waals surface area contributed by atoms with Crippen LogP contribution in [-0.2, 0) is 11.3 Å². The van der Waals surface area contributed by atoms with E-state index in [0.717, 1.165) is 5.56 Å². The first kappa shape index (κ1) is 19.7. The number of halogens is 1. The minimum absolute atomic E-state index is 0.169. The number of pyridine rings is 2. The number of nitrogens with two attached hydrogens (primary N) is 1. The number of nitrogen functional groups attached to an aromatic ring is 1. The van der Waals surface area contributed by atoms with E-state index in [1.165, 1.54) is 12.1 Å². The van der Waals surface area contributed by atoms with Gasteiger partial charge in [0, 0.05) is 30.4 Å². The Kier molecular flexibility index (Phi) is 5.55. The lowest BCUT2D eigenvalue weighted by molar-refractivity contribution is -0.119. The SMILES string of the molecule is CC1(C)CC(NCc2ccnc(N)c2)=C(C(=S)Nc2cccc(F)n2)C(=O)N1. The van der Waals surface area contributed by atoms with Gasteiger partial charge in [0.1, 0.15) is 16.6 Å². The van der Waals surface area contributed by atoms with Crippen LogP contribution in [0.2, 0.25) is 0 Å². The summed E-state index contributed by atoms with van der Waals surface area (Å²) in [5.74, 6) is -0.285. The predicted molar refractivity (Wildman–Crippen MR) is 110 cm³/mol. The van der Waals surface area contributed by atoms with Gasteiger partial charge in [-0.05, 0) is 43.7 Å². The van der Waals surface area contributed by atoms with Crippen molar-refractivity contribution in [3.8, 4) is 0 Å². The molecule has 1 aliphatic rings. The molecule has 0 atom stereocenters. The smallest absolute Gasteiger partial charge is 0.256 e. The Labute approximate surface area is 167 Å². The standard InChI is InChI=1S/C19H21FN6OS/c1-19(2)9-12(23-10-11-6-7-22-14(21)8-11)16(17(27)26-19)18(28)25-15-5-3-4-13(20)24-15/h3-8,23H,9-10H2,1-2H3,(H2,21,22)(H,26,27)(H,24,25,28). The highest BCUT2D eigenvalue weighted by molar-refractivity contribution is 7.81. The summed E-state index contributed by atoms with van der Waals surface area (Å²) in [6, 6.07) is 7.92. The fraction of sp³-hybridized carbons (Fsp3) is 0.263. The van der Waals surface area contributed by atoms with Gasteiger partial charge in [0.25, 0.3) is 5.91 Å². The summed E-state index contributed by atoms with van der Waals surface area (Å²) in [5.41, 5.74) is 7.21. The van der Waals surface area contributed by atoms with Crippen LogP contribution in [0.3, 0.4) is 0 Å². The van der Waals surface area contributed by atoms with E-state index >= 15 is 0 Å². The summed E-state index contributed by atoms with van der Waals surface area (Å²) in [4.78, 5) is 20.6. The lowest BCUT2D eigenvalue weighted by atomic mass is 9.90. The van der Waals surface area contributed by atoms with E-state index in [1.54, 1.807) is 18.3 Å². The van der Waals surface area contributed by atoms with Crippen LogP contribution in [0.4, 0.5) is 16.0 Å². The molecule has 2 aromatic heterocycles. The molecule has 5 N–H and O–H groups in total. The molecule has 7 nitrogen and oxygen atoms in total. The number of amides is 1. The molecule has 2 aromatic rings. The molecule has 0 saturated carbocycles. The summed E-state index contributed by atoms with van der Waals surface area (Å²) in [6.45, 7) is 4.31. The topological polar surface area (TPSA) is 105 Å². The zero-order valence-electron chi connectivity index (χ0n) is 15.5. The first-order chi connectivity index (χ1) is 13.2. The van der Waals surface area contributed by atoms with Crippen LogP contribution in [0.1, 0.15) is 25.8 Å². The monoisotopic (exact) mass is 400 g/mol. The molecule has 0 bridgehead atoms. The second-order valence-electron chi connectivity index (χ2n) is 7.11. The van der Waals surface area contributed by atoms with Gasteiger partial charge in [-0.2, -0.15) is 4.39 Å². The number of hydrogen-bond acceptors (Lipinski definition) is 6. The maximum Gasteiger partial charge on any atom is 0.256 e. The first-order valence-corrected chi connectivity index (χ1v) is 9.08. The summed E-state index contributed by atoms with van der Waals surface area (Å²) in [5, 5.41) is 9.06. The molecule has 0 fully saturated rings. The summed E-state index contributed by atoms with van der Waals surface area (Å²) in [6.07, 6.45) is 2.17. The second kappa shape index (κ2) is 7.89. The lowest BCUT2D eigenvalue weighted by Gasteiger charge is -2.34. The second-order valence-corrected chi connectivity index (χ2v) is 7.52. The molecule has 1 amide bonds. The molecule has 146 valence electrons. The van der Waals surface area contributed by atoms with E-state index in [4.69, 9.17) is 18.0 Å². The van der Waals surface area contributed by atoms with Crippen molar-refractivity contribution in [1.82, 2.24) is 20.6 Å². The maximum atomic E-state index is 13.3. The molecular formula is C19H21FN6OS. The van der Waals surface area contributed by atoms with Gasteiger partial charge in [0.05, 0.1) is 5.57 Å². The Morgan fingerprint density at radius 3 is 2.89 bits per heavy atom. The highest BCUT2D eigenvalue weighted by Crippen LogP contribution is 2.25. The lowest BCUT2D eigenvalue weighted by Crippen LogP contribution is -2.51. The van der Waals surface area contributed by atoms with Crippen LogP contribution < -0.4 is 21.7 Å². The molecule has 0 aliphatic carbocycles. The molecule has 3 heterocycles. The Bertz CT molecular complexity index is 959. The molecular weight excluding hydrogens is 379 g/mol. The molecule has 0 spiro atoms. The zero-order chi connectivity index (χ0) is 20.3. The average molecular weight is 400 g/mol. The van der Waals surface area contributed by atoms with Crippen LogP contribution in [-0.4, -0.2) is 26.4 Å². The Morgan fingerprint density at radius 2 is 2.18 bits per heavy atom. The fourth-order valence-corrected chi connectivity index (χ4v) is 3.26. The van der Waals surface area contributed by atoms with Gasteiger partial charge in [0.15, 0.2) is 0 Å². The van der Waals surface area contributed by atoms with Crippen LogP contribution in [0.25, 0.3) is 0 Å². The van der Waals surface area contributed by atoms with Gasteiger partial charge in [0.2, 0.25) is 5.95 Å². The minimum Gasteiger partial charge on any atom is -0.384 e. The van der Waals surface area contributed by atoms with Crippen LogP contribution >= 0.6 is 12.2 Å². The third-order valence-corrected chi connectivity index (χ3v) is 4.44. The highest BCUT2D eigenvalue weighted by atomic mass is 32.1. The van der Waals surface area contributed by atoms with E-state index in [9.17, 15) is 9.18 Å². The number of carbonyl (C=O) groups is 1. The Morgan fingerprint density at radius 1 is 1.39 bits per heavy atom. The van der Waals surface area contributed by atoms with Gasteiger partial charge in [-0.3, -0.25) is 4.79 Å². The van der Waals surface area contributed by atoms with Crippen molar-refractivity contribution in [3.63, 3.8) is 0 Å². The van der Waals surface area contributed by atoms with Gasteiger partial charge in [-0.25, -0.2) is 9.97 Å². The number of carbonyl (C=O) groups excluding carboxylic acids is 1. The van der Waals surface area contributed by atoms with Crippen molar-refractivity contribution in [2.24, 2.45) is 0 Å². The summed E-state index contributed by atoms with van der Waals surface area (Å²) in [7, 11) is 0. The maximum absolute atomic E-state index is 13.3. The average Bonchev–Trinajstić information content (AvgIpc) is 2.58. The van der Waals surface area contributed by atoms with E-state index < -0.39 is 11.5 Å². The van der Waals surface area contributed by atoms with E-state index in [0.29, 0.717) is 30.1 Å². The molecule has 9 heteroatoms. The first-order valence-electron chi connectivity index (χ1n) is 8.67. The third-order valence-electron chi connectivity index (χ3n) is 4.13. The molecule has 0 saturated heterocycles. The van der Waals surface area contributed by atoms with Crippen LogP contribution in [0.5, 0.6) is 0 Å². The Balaban J connectivity index is 1.87. The Hall–Kier alpha value is -3.07. The number of nitrogens with one attached hydrogen (secondary N) is 3. The quantitative estimate of drug-likeness (QED) is 0.451. The van der Waals surface area contributed by atoms with Crippen molar-refractivity contribution < 1.29 is 9.18 Å². The molecule has 1 aliphatic heterocycles. The molecule has 0 unspecified atom stereocenters. The van der Waals surface area contributed by atoms with Crippen LogP contribution in [0, 0.1) is 5.95 Å². The summed E-state index contributed by atoms with van der Waals surface area (Å²) >= 11 is 5.42. The molecule has 0 radical (unpaired) electrons. The van der Waals surface area contributed by atoms with E-state index in [1.807, 2.05) is 19.9 Å². The van der Waals surface area contributed by atoms with Crippen molar-refractivity contribution in [2.75, 3.05) is 11.1 Å². The molecule has 3 rings (SSSR count). The number of thiocarbonyl (C=S) groups is 1. The van der Waals surface area contributed by atoms with Gasteiger partial charge in [-0.15, -0.1) is 0 Å². The zero-order valence-corrected chi connectivity index (χ0v) is 16.4. The number of rotatable bonds is 5. The van der Waals surface area contributed by atoms with Crippen LogP contribution in [0.15, 0.2) is 47.8 Å². The number of aromatic nitrogens is 2. The van der Waals surface area contributed by atoms with Crippen molar-refractivity contribution in [2.45, 2.75) is 32.4 Å². The van der Waals surface area contributed by atoms with E-state index in [-0.39, 0.29) is 16.7 Å². The van der Waals surface area contributed by atoms with Gasteiger partial charge in [-0.1, -0.05) is 18.3 Å².